The van der Waals surface area contributed by atoms with Gasteiger partial charge < -0.3 is 10.8 Å². The van der Waals surface area contributed by atoms with Gasteiger partial charge in [0.2, 0.25) is 0 Å². The summed E-state index contributed by atoms with van der Waals surface area (Å²) in [5, 5.41) is 14.2. The molecule has 0 spiro atoms. The molecule has 0 saturated carbocycles. The average molecular weight is 257 g/mol. The Bertz CT molecular complexity index is 603. The predicted molar refractivity (Wildman–Crippen MR) is 74.5 cm³/mol. The Kier molecular flexibility index (Phi) is 3.03. The Morgan fingerprint density at radius 3 is 3.05 bits per heavy atom. The first-order valence-electron chi connectivity index (χ1n) is 6.76. The number of nitrogens with two attached hydrogens (primary N) is 1. The standard InChI is InChI=1S/C15H19N3O/c1-10-14-7-11(9-16)5-6-15(14)18(17-10)12-3-2-4-13(19)8-12/h2-4,8,11,19H,5-7,9,16H2,1H3. The van der Waals surface area contributed by atoms with Gasteiger partial charge in [-0.25, -0.2) is 4.68 Å². The van der Waals surface area contributed by atoms with Crippen LogP contribution in [0.5, 0.6) is 5.75 Å². The van der Waals surface area contributed by atoms with Crippen molar-refractivity contribution in [1.82, 2.24) is 9.78 Å². The molecule has 19 heavy (non-hydrogen) atoms. The number of phenolic OH excluding ortho intramolecular Hbond substituents is 1. The molecule has 0 saturated heterocycles. The fourth-order valence-electron chi connectivity index (χ4n) is 2.90. The van der Waals surface area contributed by atoms with Crippen LogP contribution in [0.4, 0.5) is 0 Å². The summed E-state index contributed by atoms with van der Waals surface area (Å²) >= 11 is 0. The third-order valence-corrected chi connectivity index (χ3v) is 3.98. The molecule has 0 radical (unpaired) electrons. The number of aromatic hydroxyl groups is 1. The van der Waals surface area contributed by atoms with Gasteiger partial charge >= 0.3 is 0 Å². The summed E-state index contributed by atoms with van der Waals surface area (Å²) in [4.78, 5) is 0. The number of fused-ring (bicyclic) bond motifs is 1. The highest BCUT2D eigenvalue weighted by Gasteiger charge is 2.24. The predicted octanol–water partition coefficient (Wildman–Crippen LogP) is 1.95. The lowest BCUT2D eigenvalue weighted by molar-refractivity contribution is 0.460. The van der Waals surface area contributed by atoms with Crippen LogP contribution in [0.1, 0.15) is 23.4 Å². The Balaban J connectivity index is 2.05. The normalized spacial score (nSPS) is 18.3. The molecule has 0 fully saturated rings. The Hall–Kier alpha value is -1.81. The first-order valence-corrected chi connectivity index (χ1v) is 6.76. The lowest BCUT2D eigenvalue weighted by atomic mass is 9.86. The van der Waals surface area contributed by atoms with Crippen LogP contribution in [0.15, 0.2) is 24.3 Å². The molecule has 0 aliphatic heterocycles. The van der Waals surface area contributed by atoms with Crippen LogP contribution < -0.4 is 5.73 Å². The smallest absolute Gasteiger partial charge is 0.117 e. The minimum absolute atomic E-state index is 0.273. The maximum atomic E-state index is 9.61. The van der Waals surface area contributed by atoms with Gasteiger partial charge in [-0.05, 0) is 56.3 Å². The molecule has 1 heterocycles. The zero-order chi connectivity index (χ0) is 13.4. The van der Waals surface area contributed by atoms with E-state index in [1.807, 2.05) is 16.8 Å². The van der Waals surface area contributed by atoms with Crippen LogP contribution in [0.2, 0.25) is 0 Å². The molecule has 1 aromatic heterocycles. The lowest BCUT2D eigenvalue weighted by Gasteiger charge is -2.21. The number of rotatable bonds is 2. The van der Waals surface area contributed by atoms with Crippen molar-refractivity contribution >= 4 is 0 Å². The fraction of sp³-hybridized carbons (Fsp3) is 0.400. The fourth-order valence-corrected chi connectivity index (χ4v) is 2.90. The number of phenols is 1. The van der Waals surface area contributed by atoms with E-state index in [1.54, 1.807) is 12.1 Å². The van der Waals surface area contributed by atoms with Crippen LogP contribution in [-0.2, 0) is 12.8 Å². The van der Waals surface area contributed by atoms with E-state index in [1.165, 1.54) is 11.3 Å². The van der Waals surface area contributed by atoms with Crippen LogP contribution in [0.3, 0.4) is 0 Å². The Morgan fingerprint density at radius 1 is 1.47 bits per heavy atom. The maximum absolute atomic E-state index is 9.61. The summed E-state index contributed by atoms with van der Waals surface area (Å²) in [5.41, 5.74) is 10.4. The van der Waals surface area contributed by atoms with Gasteiger partial charge in [0, 0.05) is 11.8 Å². The largest absolute Gasteiger partial charge is 0.508 e. The van der Waals surface area contributed by atoms with Gasteiger partial charge in [-0.1, -0.05) is 6.07 Å². The molecular formula is C15H19N3O. The third-order valence-electron chi connectivity index (χ3n) is 3.98. The van der Waals surface area contributed by atoms with Gasteiger partial charge in [-0.15, -0.1) is 0 Å². The van der Waals surface area contributed by atoms with Crippen molar-refractivity contribution in [3.63, 3.8) is 0 Å². The molecule has 4 heteroatoms. The quantitative estimate of drug-likeness (QED) is 0.864. The topological polar surface area (TPSA) is 64.1 Å². The van der Waals surface area contributed by atoms with Gasteiger partial charge in [-0.2, -0.15) is 5.10 Å². The number of aryl methyl sites for hydroxylation is 1. The molecule has 100 valence electrons. The number of hydrogen-bond donors (Lipinski definition) is 2. The molecule has 1 aliphatic rings. The van der Waals surface area contributed by atoms with Gasteiger partial charge in [0.05, 0.1) is 11.4 Å². The molecule has 1 atom stereocenters. The van der Waals surface area contributed by atoms with Crippen molar-refractivity contribution in [3.05, 3.63) is 41.2 Å². The molecule has 1 aromatic carbocycles. The summed E-state index contributed by atoms with van der Waals surface area (Å²) in [6.45, 7) is 2.80. The summed E-state index contributed by atoms with van der Waals surface area (Å²) in [7, 11) is 0. The summed E-state index contributed by atoms with van der Waals surface area (Å²) < 4.78 is 1.97. The van der Waals surface area contributed by atoms with Crippen LogP contribution in [0.25, 0.3) is 5.69 Å². The zero-order valence-corrected chi connectivity index (χ0v) is 11.1. The number of aromatic nitrogens is 2. The highest BCUT2D eigenvalue weighted by Crippen LogP contribution is 2.29. The monoisotopic (exact) mass is 257 g/mol. The van der Waals surface area contributed by atoms with E-state index in [9.17, 15) is 5.11 Å². The van der Waals surface area contributed by atoms with Gasteiger partial charge in [-0.3, -0.25) is 0 Å². The zero-order valence-electron chi connectivity index (χ0n) is 11.1. The first kappa shape index (κ1) is 12.2. The second-order valence-electron chi connectivity index (χ2n) is 5.29. The number of hydrogen-bond acceptors (Lipinski definition) is 3. The molecule has 0 bridgehead atoms. The summed E-state index contributed by atoms with van der Waals surface area (Å²) in [6, 6.07) is 7.25. The maximum Gasteiger partial charge on any atom is 0.117 e. The molecule has 1 aliphatic carbocycles. The van der Waals surface area contributed by atoms with Crippen molar-refractivity contribution < 1.29 is 5.11 Å². The SMILES string of the molecule is Cc1nn(-c2cccc(O)c2)c2c1CC(CN)CC2. The molecule has 1 unspecified atom stereocenters. The molecule has 3 rings (SSSR count). The highest BCUT2D eigenvalue weighted by atomic mass is 16.3. The Morgan fingerprint density at radius 2 is 2.32 bits per heavy atom. The van der Waals surface area contributed by atoms with E-state index in [4.69, 9.17) is 5.73 Å². The minimum atomic E-state index is 0.273. The van der Waals surface area contributed by atoms with Crippen molar-refractivity contribution in [2.75, 3.05) is 6.54 Å². The number of benzene rings is 1. The molecular weight excluding hydrogens is 238 g/mol. The second-order valence-corrected chi connectivity index (χ2v) is 5.29. The van der Waals surface area contributed by atoms with Crippen molar-refractivity contribution in [2.45, 2.75) is 26.2 Å². The van der Waals surface area contributed by atoms with Crippen molar-refractivity contribution in [1.29, 1.82) is 0 Å². The van der Waals surface area contributed by atoms with Crippen molar-refractivity contribution in [2.24, 2.45) is 11.7 Å². The van der Waals surface area contributed by atoms with E-state index in [-0.39, 0.29) is 5.75 Å². The third kappa shape index (κ3) is 2.12. The van der Waals surface area contributed by atoms with E-state index in [0.29, 0.717) is 5.92 Å². The Labute approximate surface area is 112 Å². The van der Waals surface area contributed by atoms with Crippen LogP contribution in [-0.4, -0.2) is 21.4 Å². The molecule has 3 N–H and O–H groups in total. The molecule has 4 nitrogen and oxygen atoms in total. The van der Waals surface area contributed by atoms with E-state index >= 15 is 0 Å². The van der Waals surface area contributed by atoms with E-state index in [2.05, 4.69) is 12.0 Å². The number of nitrogens with zero attached hydrogens (tertiary/aromatic N) is 2. The average Bonchev–Trinajstić information content (AvgIpc) is 2.76. The van der Waals surface area contributed by atoms with Crippen LogP contribution >= 0.6 is 0 Å². The minimum Gasteiger partial charge on any atom is -0.508 e. The molecule has 2 aromatic rings. The second kappa shape index (κ2) is 4.70. The molecule has 0 amide bonds. The van der Waals surface area contributed by atoms with Crippen LogP contribution in [0, 0.1) is 12.8 Å². The summed E-state index contributed by atoms with van der Waals surface area (Å²) in [5.74, 6) is 0.850. The highest BCUT2D eigenvalue weighted by molar-refractivity contribution is 5.42. The van der Waals surface area contributed by atoms with Gasteiger partial charge in [0.15, 0.2) is 0 Å². The summed E-state index contributed by atoms with van der Waals surface area (Å²) in [6.07, 6.45) is 3.15. The van der Waals surface area contributed by atoms with E-state index < -0.39 is 0 Å². The van der Waals surface area contributed by atoms with Gasteiger partial charge in [0.1, 0.15) is 5.75 Å². The van der Waals surface area contributed by atoms with E-state index in [0.717, 1.165) is 37.2 Å². The van der Waals surface area contributed by atoms with Gasteiger partial charge in [0.25, 0.3) is 0 Å². The first-order chi connectivity index (χ1) is 9.19. The van der Waals surface area contributed by atoms with Crippen molar-refractivity contribution in [3.8, 4) is 11.4 Å². The lowest BCUT2D eigenvalue weighted by Crippen LogP contribution is -2.23.